The minimum absolute atomic E-state index is 1.11. The summed E-state index contributed by atoms with van der Waals surface area (Å²) in [6.45, 7) is 2.20. The number of aromatic nitrogens is 1. The Morgan fingerprint density at radius 2 is 2.18 bits per heavy atom. The van der Waals surface area contributed by atoms with Crippen molar-refractivity contribution in [3.8, 4) is 0 Å². The SMILES string of the molecule is CCCCc1[nH]cc(Br)c1Br. The van der Waals surface area contributed by atoms with E-state index in [2.05, 4.69) is 43.8 Å². The predicted molar refractivity (Wildman–Crippen MR) is 54.8 cm³/mol. The molecule has 62 valence electrons. The van der Waals surface area contributed by atoms with Crippen LogP contribution in [0.1, 0.15) is 25.5 Å². The Hall–Kier alpha value is 0.240. The third-order valence-corrected chi connectivity index (χ3v) is 3.69. The van der Waals surface area contributed by atoms with Gasteiger partial charge < -0.3 is 4.98 Å². The highest BCUT2D eigenvalue weighted by Crippen LogP contribution is 2.27. The second kappa shape index (κ2) is 4.31. The molecule has 0 radical (unpaired) electrons. The van der Waals surface area contributed by atoms with Crippen LogP contribution in [-0.4, -0.2) is 4.98 Å². The molecule has 1 aromatic heterocycles. The summed E-state index contributed by atoms with van der Waals surface area (Å²) in [6, 6.07) is 0. The van der Waals surface area contributed by atoms with Gasteiger partial charge in [-0.15, -0.1) is 0 Å². The third kappa shape index (κ3) is 2.34. The summed E-state index contributed by atoms with van der Waals surface area (Å²) in [5.41, 5.74) is 1.29. The summed E-state index contributed by atoms with van der Waals surface area (Å²) in [5, 5.41) is 0. The van der Waals surface area contributed by atoms with Crippen molar-refractivity contribution < 1.29 is 0 Å². The first-order valence-electron chi connectivity index (χ1n) is 3.77. The highest BCUT2D eigenvalue weighted by molar-refractivity contribution is 9.13. The van der Waals surface area contributed by atoms with Crippen LogP contribution >= 0.6 is 31.9 Å². The number of rotatable bonds is 3. The van der Waals surface area contributed by atoms with E-state index < -0.39 is 0 Å². The second-order valence-electron chi connectivity index (χ2n) is 2.53. The van der Waals surface area contributed by atoms with Gasteiger partial charge in [0.1, 0.15) is 0 Å². The Bertz CT molecular complexity index is 230. The number of unbranched alkanes of at least 4 members (excludes halogenated alkanes) is 1. The van der Waals surface area contributed by atoms with Crippen molar-refractivity contribution in [1.82, 2.24) is 4.98 Å². The standard InChI is InChI=1S/C8H11Br2N/c1-2-3-4-7-8(10)6(9)5-11-7/h5,11H,2-4H2,1H3. The van der Waals surface area contributed by atoms with Crippen molar-refractivity contribution in [2.45, 2.75) is 26.2 Å². The van der Waals surface area contributed by atoms with Gasteiger partial charge in [-0.05, 0) is 44.7 Å². The van der Waals surface area contributed by atoms with Gasteiger partial charge in [0.2, 0.25) is 0 Å². The minimum atomic E-state index is 1.11. The van der Waals surface area contributed by atoms with Crippen molar-refractivity contribution in [3.63, 3.8) is 0 Å². The number of H-pyrrole nitrogens is 1. The van der Waals surface area contributed by atoms with E-state index in [1.807, 2.05) is 6.20 Å². The number of halogens is 2. The second-order valence-corrected chi connectivity index (χ2v) is 4.18. The van der Waals surface area contributed by atoms with E-state index in [0.717, 1.165) is 10.9 Å². The number of hydrogen-bond acceptors (Lipinski definition) is 0. The Morgan fingerprint density at radius 3 is 2.64 bits per heavy atom. The molecule has 0 aliphatic heterocycles. The monoisotopic (exact) mass is 279 g/mol. The van der Waals surface area contributed by atoms with Crippen LogP contribution in [0.3, 0.4) is 0 Å². The number of nitrogens with one attached hydrogen (secondary N) is 1. The van der Waals surface area contributed by atoms with E-state index in [0.29, 0.717) is 0 Å². The summed E-state index contributed by atoms with van der Waals surface area (Å²) < 4.78 is 2.29. The minimum Gasteiger partial charge on any atom is -0.363 e. The van der Waals surface area contributed by atoms with Gasteiger partial charge in [-0.3, -0.25) is 0 Å². The molecule has 0 fully saturated rings. The zero-order chi connectivity index (χ0) is 8.27. The van der Waals surface area contributed by atoms with Crippen molar-refractivity contribution in [2.24, 2.45) is 0 Å². The van der Waals surface area contributed by atoms with Gasteiger partial charge in [0.15, 0.2) is 0 Å². The van der Waals surface area contributed by atoms with Gasteiger partial charge in [-0.2, -0.15) is 0 Å². The van der Waals surface area contributed by atoms with Crippen LogP contribution in [0.4, 0.5) is 0 Å². The van der Waals surface area contributed by atoms with E-state index in [9.17, 15) is 0 Å². The van der Waals surface area contributed by atoms with Crippen molar-refractivity contribution >= 4 is 31.9 Å². The molecule has 0 aliphatic rings. The molecule has 0 saturated carbocycles. The van der Waals surface area contributed by atoms with Crippen LogP contribution in [-0.2, 0) is 6.42 Å². The molecule has 0 aromatic carbocycles. The molecule has 0 atom stereocenters. The van der Waals surface area contributed by atoms with Crippen LogP contribution in [0.2, 0.25) is 0 Å². The lowest BCUT2D eigenvalue weighted by Crippen LogP contribution is -1.84. The quantitative estimate of drug-likeness (QED) is 0.865. The van der Waals surface area contributed by atoms with Crippen LogP contribution in [0.25, 0.3) is 0 Å². The van der Waals surface area contributed by atoms with E-state index in [1.54, 1.807) is 0 Å². The Balaban J connectivity index is 2.63. The largest absolute Gasteiger partial charge is 0.363 e. The fourth-order valence-corrected chi connectivity index (χ4v) is 1.74. The molecule has 0 unspecified atom stereocenters. The fourth-order valence-electron chi connectivity index (χ4n) is 0.957. The molecule has 1 nitrogen and oxygen atoms in total. The fraction of sp³-hybridized carbons (Fsp3) is 0.500. The third-order valence-electron chi connectivity index (χ3n) is 1.63. The smallest absolute Gasteiger partial charge is 0.0524 e. The van der Waals surface area contributed by atoms with Crippen LogP contribution in [0.5, 0.6) is 0 Å². The zero-order valence-corrected chi connectivity index (χ0v) is 9.63. The van der Waals surface area contributed by atoms with Gasteiger partial charge in [0, 0.05) is 16.4 Å². The molecule has 0 spiro atoms. The molecule has 1 heterocycles. The highest BCUT2D eigenvalue weighted by atomic mass is 79.9. The Morgan fingerprint density at radius 1 is 1.45 bits per heavy atom. The summed E-state index contributed by atoms with van der Waals surface area (Å²) in [6.07, 6.45) is 5.58. The summed E-state index contributed by atoms with van der Waals surface area (Å²) in [5.74, 6) is 0. The van der Waals surface area contributed by atoms with Crippen LogP contribution < -0.4 is 0 Å². The number of hydrogen-bond donors (Lipinski definition) is 1. The van der Waals surface area contributed by atoms with Crippen LogP contribution in [0, 0.1) is 0 Å². The van der Waals surface area contributed by atoms with Gasteiger partial charge in [0.05, 0.1) is 4.47 Å². The molecule has 1 aromatic rings. The average Bonchev–Trinajstić information content (AvgIpc) is 2.31. The summed E-state index contributed by atoms with van der Waals surface area (Å²) >= 11 is 6.93. The van der Waals surface area contributed by atoms with E-state index in [1.165, 1.54) is 23.0 Å². The highest BCUT2D eigenvalue weighted by Gasteiger charge is 2.04. The molecule has 0 aliphatic carbocycles. The van der Waals surface area contributed by atoms with E-state index in [-0.39, 0.29) is 0 Å². The van der Waals surface area contributed by atoms with Gasteiger partial charge >= 0.3 is 0 Å². The molecule has 3 heteroatoms. The maximum absolute atomic E-state index is 3.50. The maximum atomic E-state index is 3.50. The molecular formula is C8H11Br2N. The summed E-state index contributed by atoms with van der Waals surface area (Å²) in [4.78, 5) is 3.21. The zero-order valence-electron chi connectivity index (χ0n) is 6.45. The lowest BCUT2D eigenvalue weighted by Gasteiger charge is -1.95. The molecule has 1 rings (SSSR count). The van der Waals surface area contributed by atoms with Gasteiger partial charge in [0.25, 0.3) is 0 Å². The molecule has 0 bridgehead atoms. The molecule has 11 heavy (non-hydrogen) atoms. The first-order valence-corrected chi connectivity index (χ1v) is 5.35. The van der Waals surface area contributed by atoms with Crippen molar-refractivity contribution in [1.29, 1.82) is 0 Å². The number of aromatic amines is 1. The number of aryl methyl sites for hydroxylation is 1. The van der Waals surface area contributed by atoms with Crippen molar-refractivity contribution in [3.05, 3.63) is 20.8 Å². The average molecular weight is 281 g/mol. The predicted octanol–water partition coefficient (Wildman–Crippen LogP) is 3.88. The first-order chi connectivity index (χ1) is 5.25. The molecule has 0 saturated heterocycles. The van der Waals surface area contributed by atoms with Crippen LogP contribution in [0.15, 0.2) is 15.1 Å². The van der Waals surface area contributed by atoms with E-state index >= 15 is 0 Å². The maximum Gasteiger partial charge on any atom is 0.0524 e. The normalized spacial score (nSPS) is 10.5. The first kappa shape index (κ1) is 9.33. The molecular weight excluding hydrogens is 270 g/mol. The van der Waals surface area contributed by atoms with Gasteiger partial charge in [-0.1, -0.05) is 13.3 Å². The molecule has 0 amide bonds. The lowest BCUT2D eigenvalue weighted by molar-refractivity contribution is 0.778. The Labute approximate surface area is 83.8 Å². The lowest BCUT2D eigenvalue weighted by atomic mass is 10.2. The summed E-state index contributed by atoms with van der Waals surface area (Å²) in [7, 11) is 0. The van der Waals surface area contributed by atoms with E-state index in [4.69, 9.17) is 0 Å². The van der Waals surface area contributed by atoms with Gasteiger partial charge in [-0.25, -0.2) is 0 Å². The topological polar surface area (TPSA) is 15.8 Å². The Kier molecular flexibility index (Phi) is 3.66. The van der Waals surface area contributed by atoms with Crippen molar-refractivity contribution in [2.75, 3.05) is 0 Å². The molecule has 1 N–H and O–H groups in total.